The summed E-state index contributed by atoms with van der Waals surface area (Å²) in [6.45, 7) is 2.35. The largest absolute Gasteiger partial charge is 0.341 e. The molecule has 2 aromatic heterocycles. The lowest BCUT2D eigenvalue weighted by molar-refractivity contribution is -0.138. The lowest BCUT2D eigenvalue weighted by atomic mass is 9.91. The van der Waals surface area contributed by atoms with Crippen molar-refractivity contribution in [2.24, 2.45) is 0 Å². The molecule has 5 rings (SSSR count). The second kappa shape index (κ2) is 6.98. The third kappa shape index (κ3) is 2.96. The molecule has 1 N–H and O–H groups in total. The van der Waals surface area contributed by atoms with Gasteiger partial charge in [-0.2, -0.15) is 5.10 Å². The highest BCUT2D eigenvalue weighted by atomic mass is 16.2. The number of piperidine rings is 1. The normalized spacial score (nSPS) is 23.0. The molecule has 2 atom stereocenters. The molecule has 28 heavy (non-hydrogen) atoms. The molecule has 1 saturated heterocycles. The first kappa shape index (κ1) is 17.3. The van der Waals surface area contributed by atoms with Crippen LogP contribution in [0.4, 0.5) is 0 Å². The van der Waals surface area contributed by atoms with Gasteiger partial charge in [0.05, 0.1) is 11.7 Å². The van der Waals surface area contributed by atoms with E-state index in [1.54, 1.807) is 12.4 Å². The van der Waals surface area contributed by atoms with E-state index in [0.717, 1.165) is 43.6 Å². The highest BCUT2D eigenvalue weighted by Crippen LogP contribution is 2.30. The van der Waals surface area contributed by atoms with Crippen LogP contribution < -0.4 is 0 Å². The number of rotatable bonds is 2. The predicted octanol–water partition coefficient (Wildman–Crippen LogP) is 2.12. The zero-order valence-electron chi connectivity index (χ0n) is 16.0. The van der Waals surface area contributed by atoms with Gasteiger partial charge in [0.2, 0.25) is 5.91 Å². The van der Waals surface area contributed by atoms with Crippen molar-refractivity contribution >= 4 is 17.1 Å². The molecular formula is C21H24N6O. The van der Waals surface area contributed by atoms with Gasteiger partial charge >= 0.3 is 0 Å². The van der Waals surface area contributed by atoms with Crippen molar-refractivity contribution in [1.29, 1.82) is 0 Å². The monoisotopic (exact) mass is 376 g/mol. The average Bonchev–Trinajstić information content (AvgIpc) is 3.17. The Morgan fingerprint density at radius 2 is 2.00 bits per heavy atom. The Hall–Kier alpha value is -2.80. The van der Waals surface area contributed by atoms with Gasteiger partial charge in [0.1, 0.15) is 5.52 Å². The van der Waals surface area contributed by atoms with E-state index in [1.165, 1.54) is 11.1 Å². The Balaban J connectivity index is 1.36. The maximum Gasteiger partial charge on any atom is 0.240 e. The zero-order chi connectivity index (χ0) is 19.1. The number of hydrogen-bond acceptors (Lipinski definition) is 5. The van der Waals surface area contributed by atoms with E-state index < -0.39 is 0 Å². The van der Waals surface area contributed by atoms with Gasteiger partial charge in [-0.3, -0.25) is 14.8 Å². The summed E-state index contributed by atoms with van der Waals surface area (Å²) in [5.41, 5.74) is 5.09. The first-order valence-corrected chi connectivity index (χ1v) is 9.91. The van der Waals surface area contributed by atoms with Gasteiger partial charge in [-0.1, -0.05) is 24.3 Å². The van der Waals surface area contributed by atoms with E-state index in [9.17, 15) is 4.79 Å². The minimum Gasteiger partial charge on any atom is -0.341 e. The van der Waals surface area contributed by atoms with Gasteiger partial charge in [-0.15, -0.1) is 0 Å². The van der Waals surface area contributed by atoms with E-state index >= 15 is 0 Å². The molecule has 0 spiro atoms. The van der Waals surface area contributed by atoms with Crippen molar-refractivity contribution in [3.8, 4) is 0 Å². The standard InChI is InChI=1S/C21H24N6O/c1-26-12-15-6-3-2-5-14(15)11-17(26)21(28)27-10-4-7-16(13-27)18-19-20(25-24-18)23-9-8-22-19/h2-3,5-6,8-9,16-17H,4,7,10-13H2,1H3,(H,23,24,25). The van der Waals surface area contributed by atoms with E-state index in [-0.39, 0.29) is 17.9 Å². The fraction of sp³-hybridized carbons (Fsp3) is 0.429. The van der Waals surface area contributed by atoms with Crippen molar-refractivity contribution in [1.82, 2.24) is 30.0 Å². The van der Waals surface area contributed by atoms with Gasteiger partial charge in [0, 0.05) is 37.9 Å². The Kier molecular flexibility index (Phi) is 4.31. The fourth-order valence-corrected chi connectivity index (χ4v) is 4.61. The number of fused-ring (bicyclic) bond motifs is 2. The number of likely N-dealkylation sites (N-methyl/N-ethyl adjacent to an activating group) is 1. The van der Waals surface area contributed by atoms with Gasteiger partial charge in [-0.05, 0) is 37.4 Å². The first-order valence-electron chi connectivity index (χ1n) is 9.91. The van der Waals surface area contributed by atoms with Crippen molar-refractivity contribution < 1.29 is 4.79 Å². The lowest BCUT2D eigenvalue weighted by Crippen LogP contribution is -2.52. The van der Waals surface area contributed by atoms with Crippen molar-refractivity contribution in [3.05, 3.63) is 53.5 Å². The number of benzene rings is 1. The van der Waals surface area contributed by atoms with Crippen LogP contribution in [-0.2, 0) is 17.8 Å². The number of amides is 1. The van der Waals surface area contributed by atoms with Crippen molar-refractivity contribution in [3.63, 3.8) is 0 Å². The van der Waals surface area contributed by atoms with Gasteiger partial charge in [0.15, 0.2) is 5.65 Å². The average molecular weight is 376 g/mol. The van der Waals surface area contributed by atoms with Crippen LogP contribution in [0.25, 0.3) is 11.2 Å². The molecule has 2 unspecified atom stereocenters. The Bertz CT molecular complexity index is 1010. The van der Waals surface area contributed by atoms with Crippen LogP contribution >= 0.6 is 0 Å². The van der Waals surface area contributed by atoms with Crippen LogP contribution in [0.5, 0.6) is 0 Å². The van der Waals surface area contributed by atoms with Gasteiger partial charge in [0.25, 0.3) is 0 Å². The molecule has 7 heteroatoms. The van der Waals surface area contributed by atoms with Crippen LogP contribution in [-0.4, -0.2) is 62.1 Å². The number of aromatic amines is 1. The maximum atomic E-state index is 13.4. The number of carbonyl (C=O) groups is 1. The minimum absolute atomic E-state index is 0.0908. The van der Waals surface area contributed by atoms with Crippen LogP contribution in [0.3, 0.4) is 0 Å². The number of nitrogens with zero attached hydrogens (tertiary/aromatic N) is 5. The van der Waals surface area contributed by atoms with Crippen LogP contribution in [0, 0.1) is 0 Å². The Morgan fingerprint density at radius 3 is 2.89 bits per heavy atom. The lowest BCUT2D eigenvalue weighted by Gasteiger charge is -2.39. The summed E-state index contributed by atoms with van der Waals surface area (Å²) < 4.78 is 0. The highest BCUT2D eigenvalue weighted by Gasteiger charge is 2.35. The summed E-state index contributed by atoms with van der Waals surface area (Å²) in [7, 11) is 2.05. The topological polar surface area (TPSA) is 78.0 Å². The quantitative estimate of drug-likeness (QED) is 0.741. The second-order valence-corrected chi connectivity index (χ2v) is 7.89. The van der Waals surface area contributed by atoms with Crippen molar-refractivity contribution in [2.45, 2.75) is 37.8 Å². The Morgan fingerprint density at radius 1 is 1.18 bits per heavy atom. The smallest absolute Gasteiger partial charge is 0.240 e. The Labute approximate surface area is 163 Å². The molecule has 1 aromatic carbocycles. The molecular weight excluding hydrogens is 352 g/mol. The predicted molar refractivity (Wildman–Crippen MR) is 106 cm³/mol. The zero-order valence-corrected chi connectivity index (χ0v) is 16.0. The van der Waals surface area contributed by atoms with Crippen LogP contribution in [0.2, 0.25) is 0 Å². The number of aromatic nitrogens is 4. The summed E-state index contributed by atoms with van der Waals surface area (Å²) in [5.74, 6) is 0.456. The molecule has 0 radical (unpaired) electrons. The first-order chi connectivity index (χ1) is 13.7. The number of carbonyl (C=O) groups excluding carboxylic acids is 1. The van der Waals surface area contributed by atoms with Crippen molar-refractivity contribution in [2.75, 3.05) is 20.1 Å². The van der Waals surface area contributed by atoms with E-state index in [2.05, 4.69) is 56.4 Å². The maximum absolute atomic E-state index is 13.4. The summed E-state index contributed by atoms with van der Waals surface area (Å²) in [6, 6.07) is 8.35. The third-order valence-electron chi connectivity index (χ3n) is 6.13. The molecule has 2 aliphatic rings. The molecule has 0 aliphatic carbocycles. The number of likely N-dealkylation sites (tertiary alicyclic amines) is 1. The van der Waals surface area contributed by atoms with Gasteiger partial charge < -0.3 is 4.90 Å². The molecule has 3 aromatic rings. The molecule has 0 saturated carbocycles. The SMILES string of the molecule is CN1Cc2ccccc2CC1C(=O)N1CCCC(c2[nH]nc3nccnc23)C1. The summed E-state index contributed by atoms with van der Waals surface area (Å²) >= 11 is 0. The van der Waals surface area contributed by atoms with E-state index in [1.807, 2.05) is 4.90 Å². The van der Waals surface area contributed by atoms with E-state index in [4.69, 9.17) is 0 Å². The molecule has 7 nitrogen and oxygen atoms in total. The molecule has 1 fully saturated rings. The van der Waals surface area contributed by atoms with Crippen LogP contribution in [0.15, 0.2) is 36.7 Å². The van der Waals surface area contributed by atoms with Crippen LogP contribution in [0.1, 0.15) is 35.6 Å². The summed E-state index contributed by atoms with van der Waals surface area (Å²) in [5, 5.41) is 7.40. The summed E-state index contributed by atoms with van der Waals surface area (Å²) in [4.78, 5) is 26.3. The minimum atomic E-state index is -0.0908. The third-order valence-corrected chi connectivity index (χ3v) is 6.13. The highest BCUT2D eigenvalue weighted by molar-refractivity contribution is 5.83. The fourth-order valence-electron chi connectivity index (χ4n) is 4.61. The number of H-pyrrole nitrogens is 1. The second-order valence-electron chi connectivity index (χ2n) is 7.89. The molecule has 1 amide bonds. The molecule has 2 aliphatic heterocycles. The molecule has 4 heterocycles. The van der Waals surface area contributed by atoms with Gasteiger partial charge in [-0.25, -0.2) is 9.97 Å². The summed E-state index contributed by atoms with van der Waals surface area (Å²) in [6.07, 6.45) is 6.15. The molecule has 144 valence electrons. The molecule has 0 bridgehead atoms. The van der Waals surface area contributed by atoms with E-state index in [0.29, 0.717) is 12.2 Å². The number of hydrogen-bond donors (Lipinski definition) is 1. The number of nitrogens with one attached hydrogen (secondary N) is 1.